The van der Waals surface area contributed by atoms with Crippen LogP contribution in [0.2, 0.25) is 0 Å². The summed E-state index contributed by atoms with van der Waals surface area (Å²) in [4.78, 5) is 17.3. The monoisotopic (exact) mass is 216 g/mol. The zero-order valence-electron chi connectivity index (χ0n) is 9.73. The number of carbonyl (C=O) groups excluding carboxylic acids is 1. The fourth-order valence-corrected chi connectivity index (χ4v) is 1.88. The summed E-state index contributed by atoms with van der Waals surface area (Å²) in [6.07, 6.45) is 4.95. The van der Waals surface area contributed by atoms with Crippen LogP contribution in [0.1, 0.15) is 24.6 Å². The SMILES string of the molecule is CC(=O)N1CC=C(c2ccc(C)nc2)CC1. The predicted octanol–water partition coefficient (Wildman–Crippen LogP) is 2.03. The van der Waals surface area contributed by atoms with E-state index in [1.165, 1.54) is 11.1 Å². The van der Waals surface area contributed by atoms with Gasteiger partial charge in [-0.05, 0) is 30.5 Å². The zero-order chi connectivity index (χ0) is 11.5. The van der Waals surface area contributed by atoms with Crippen LogP contribution < -0.4 is 0 Å². The lowest BCUT2D eigenvalue weighted by molar-refractivity contribution is -0.128. The molecule has 0 radical (unpaired) electrons. The van der Waals surface area contributed by atoms with E-state index in [0.717, 1.165) is 25.2 Å². The second-order valence-electron chi connectivity index (χ2n) is 4.13. The van der Waals surface area contributed by atoms with Gasteiger partial charge in [-0.3, -0.25) is 9.78 Å². The second kappa shape index (κ2) is 4.47. The molecule has 0 N–H and O–H groups in total. The molecule has 1 aliphatic rings. The van der Waals surface area contributed by atoms with Gasteiger partial charge in [0.1, 0.15) is 0 Å². The maximum absolute atomic E-state index is 11.2. The van der Waals surface area contributed by atoms with Gasteiger partial charge in [0.2, 0.25) is 5.91 Å². The largest absolute Gasteiger partial charge is 0.339 e. The van der Waals surface area contributed by atoms with Crippen molar-refractivity contribution in [2.45, 2.75) is 20.3 Å². The Balaban J connectivity index is 2.13. The Labute approximate surface area is 95.8 Å². The molecule has 0 unspecified atom stereocenters. The molecule has 0 saturated carbocycles. The Morgan fingerprint density at radius 3 is 2.75 bits per heavy atom. The molecule has 1 aromatic heterocycles. The van der Waals surface area contributed by atoms with Crippen LogP contribution >= 0.6 is 0 Å². The first kappa shape index (κ1) is 10.9. The van der Waals surface area contributed by atoms with Gasteiger partial charge < -0.3 is 4.90 Å². The average Bonchev–Trinajstić information content (AvgIpc) is 2.30. The van der Waals surface area contributed by atoms with Gasteiger partial charge in [-0.15, -0.1) is 0 Å². The molecule has 0 atom stereocenters. The van der Waals surface area contributed by atoms with Gasteiger partial charge in [0.05, 0.1) is 0 Å². The molecule has 3 heteroatoms. The lowest BCUT2D eigenvalue weighted by Gasteiger charge is -2.25. The first-order valence-electron chi connectivity index (χ1n) is 5.54. The Morgan fingerprint density at radius 1 is 1.44 bits per heavy atom. The van der Waals surface area contributed by atoms with Crippen LogP contribution in [0.5, 0.6) is 0 Å². The Bertz CT molecular complexity index is 420. The van der Waals surface area contributed by atoms with E-state index in [0.29, 0.717) is 0 Å². The molecule has 1 aliphatic heterocycles. The highest BCUT2D eigenvalue weighted by molar-refractivity contribution is 5.75. The Kier molecular flexibility index (Phi) is 3.04. The molecule has 0 aliphatic carbocycles. The smallest absolute Gasteiger partial charge is 0.219 e. The summed E-state index contributed by atoms with van der Waals surface area (Å²) >= 11 is 0. The van der Waals surface area contributed by atoms with E-state index in [9.17, 15) is 4.79 Å². The van der Waals surface area contributed by atoms with Gasteiger partial charge >= 0.3 is 0 Å². The summed E-state index contributed by atoms with van der Waals surface area (Å²) in [6, 6.07) is 4.12. The minimum atomic E-state index is 0.150. The van der Waals surface area contributed by atoms with Gasteiger partial charge in [0.25, 0.3) is 0 Å². The molecule has 0 saturated heterocycles. The quantitative estimate of drug-likeness (QED) is 0.719. The topological polar surface area (TPSA) is 33.2 Å². The molecule has 84 valence electrons. The molecular weight excluding hydrogens is 200 g/mol. The summed E-state index contributed by atoms with van der Waals surface area (Å²) < 4.78 is 0. The van der Waals surface area contributed by atoms with E-state index < -0.39 is 0 Å². The standard InChI is InChI=1S/C13H16N2O/c1-10-3-4-13(9-14-10)12-5-7-15(8-6-12)11(2)16/h3-5,9H,6-8H2,1-2H3. The van der Waals surface area contributed by atoms with E-state index in [4.69, 9.17) is 0 Å². The minimum Gasteiger partial charge on any atom is -0.339 e. The van der Waals surface area contributed by atoms with Crippen molar-refractivity contribution in [2.24, 2.45) is 0 Å². The van der Waals surface area contributed by atoms with Crippen molar-refractivity contribution in [2.75, 3.05) is 13.1 Å². The number of rotatable bonds is 1. The molecule has 16 heavy (non-hydrogen) atoms. The van der Waals surface area contributed by atoms with Crippen molar-refractivity contribution in [1.82, 2.24) is 9.88 Å². The van der Waals surface area contributed by atoms with Crippen molar-refractivity contribution >= 4 is 11.5 Å². The molecule has 2 rings (SSSR count). The second-order valence-corrected chi connectivity index (χ2v) is 4.13. The number of hydrogen-bond donors (Lipinski definition) is 0. The van der Waals surface area contributed by atoms with Crippen LogP contribution in [0.4, 0.5) is 0 Å². The van der Waals surface area contributed by atoms with Crippen molar-refractivity contribution in [3.63, 3.8) is 0 Å². The van der Waals surface area contributed by atoms with Gasteiger partial charge in [0.15, 0.2) is 0 Å². The van der Waals surface area contributed by atoms with E-state index in [2.05, 4.69) is 17.1 Å². The summed E-state index contributed by atoms with van der Waals surface area (Å²) in [7, 11) is 0. The number of amides is 1. The molecule has 0 aromatic carbocycles. The molecule has 0 fully saturated rings. The van der Waals surface area contributed by atoms with Crippen LogP contribution in [0.25, 0.3) is 5.57 Å². The summed E-state index contributed by atoms with van der Waals surface area (Å²) in [5.41, 5.74) is 3.50. The molecule has 1 aromatic rings. The van der Waals surface area contributed by atoms with Gasteiger partial charge in [0, 0.05) is 31.9 Å². The molecule has 0 bridgehead atoms. The normalized spacial score (nSPS) is 15.9. The molecule has 3 nitrogen and oxygen atoms in total. The van der Waals surface area contributed by atoms with Gasteiger partial charge in [-0.2, -0.15) is 0 Å². The first-order valence-corrected chi connectivity index (χ1v) is 5.54. The number of aryl methyl sites for hydroxylation is 1. The van der Waals surface area contributed by atoms with E-state index in [1.807, 2.05) is 24.1 Å². The fourth-order valence-electron chi connectivity index (χ4n) is 1.88. The maximum atomic E-state index is 11.2. The van der Waals surface area contributed by atoms with Crippen LogP contribution in [0.3, 0.4) is 0 Å². The van der Waals surface area contributed by atoms with E-state index >= 15 is 0 Å². The summed E-state index contributed by atoms with van der Waals surface area (Å²) in [5.74, 6) is 0.150. The van der Waals surface area contributed by atoms with Crippen molar-refractivity contribution in [3.8, 4) is 0 Å². The third-order valence-corrected chi connectivity index (χ3v) is 2.94. The number of nitrogens with zero attached hydrogens (tertiary/aromatic N) is 2. The first-order chi connectivity index (χ1) is 7.66. The zero-order valence-corrected chi connectivity index (χ0v) is 9.73. The summed E-state index contributed by atoms with van der Waals surface area (Å²) in [5, 5.41) is 0. The number of aromatic nitrogens is 1. The van der Waals surface area contributed by atoms with Crippen molar-refractivity contribution < 1.29 is 4.79 Å². The minimum absolute atomic E-state index is 0.150. The van der Waals surface area contributed by atoms with Crippen LogP contribution in [-0.4, -0.2) is 28.9 Å². The predicted molar refractivity (Wildman–Crippen MR) is 63.8 cm³/mol. The number of hydrogen-bond acceptors (Lipinski definition) is 2. The molecule has 1 amide bonds. The average molecular weight is 216 g/mol. The van der Waals surface area contributed by atoms with Crippen LogP contribution in [0.15, 0.2) is 24.4 Å². The Hall–Kier alpha value is -1.64. The van der Waals surface area contributed by atoms with Crippen molar-refractivity contribution in [3.05, 3.63) is 35.7 Å². The lowest BCUT2D eigenvalue weighted by atomic mass is 10.0. The highest BCUT2D eigenvalue weighted by Gasteiger charge is 2.14. The third-order valence-electron chi connectivity index (χ3n) is 2.94. The Morgan fingerprint density at radius 2 is 2.25 bits per heavy atom. The lowest BCUT2D eigenvalue weighted by Crippen LogP contribution is -2.32. The highest BCUT2D eigenvalue weighted by Crippen LogP contribution is 2.21. The van der Waals surface area contributed by atoms with Gasteiger partial charge in [-0.25, -0.2) is 0 Å². The van der Waals surface area contributed by atoms with Crippen LogP contribution in [-0.2, 0) is 4.79 Å². The number of carbonyl (C=O) groups is 1. The maximum Gasteiger partial charge on any atom is 0.219 e. The third kappa shape index (κ3) is 2.30. The van der Waals surface area contributed by atoms with Crippen molar-refractivity contribution in [1.29, 1.82) is 0 Å². The molecular formula is C13H16N2O. The van der Waals surface area contributed by atoms with E-state index in [-0.39, 0.29) is 5.91 Å². The number of pyridine rings is 1. The van der Waals surface area contributed by atoms with E-state index in [1.54, 1.807) is 6.92 Å². The van der Waals surface area contributed by atoms with Crippen LogP contribution in [0, 0.1) is 6.92 Å². The summed E-state index contributed by atoms with van der Waals surface area (Å²) in [6.45, 7) is 5.14. The fraction of sp³-hybridized carbons (Fsp3) is 0.385. The molecule has 2 heterocycles. The highest BCUT2D eigenvalue weighted by atomic mass is 16.2. The van der Waals surface area contributed by atoms with Gasteiger partial charge in [-0.1, -0.05) is 12.1 Å². The molecule has 0 spiro atoms.